The van der Waals surface area contributed by atoms with Gasteiger partial charge in [0.15, 0.2) is 30.5 Å². The molecule has 0 bridgehead atoms. The Labute approximate surface area is 118 Å². The van der Waals surface area contributed by atoms with Crippen LogP contribution in [-0.2, 0) is 19.4 Å². The summed E-state index contributed by atoms with van der Waals surface area (Å²) in [6.45, 7) is 0.689. The molecule has 3 rings (SSSR count). The number of nitrogens with zero attached hydrogens (tertiary/aromatic N) is 1. The second kappa shape index (κ2) is 5.61. The molecule has 0 fully saturated rings. The third-order valence-corrected chi connectivity index (χ3v) is 3.92. The summed E-state index contributed by atoms with van der Waals surface area (Å²) in [6, 6.07) is 7.34. The molecule has 0 radical (unpaired) electrons. The van der Waals surface area contributed by atoms with Crippen molar-refractivity contribution in [3.8, 4) is 5.75 Å². The van der Waals surface area contributed by atoms with E-state index < -0.39 is 0 Å². The third-order valence-electron chi connectivity index (χ3n) is 3.92. The Hall–Kier alpha value is -1.90. The van der Waals surface area contributed by atoms with Crippen LogP contribution in [0.25, 0.3) is 0 Å². The second-order valence-corrected chi connectivity index (χ2v) is 5.34. The van der Waals surface area contributed by atoms with Crippen molar-refractivity contribution in [2.75, 3.05) is 7.11 Å². The van der Waals surface area contributed by atoms with Crippen LogP contribution < -0.4 is 9.30 Å². The fraction of sp³-hybridized carbons (Fsp3) is 0.353. The molecule has 104 valence electrons. The van der Waals surface area contributed by atoms with E-state index in [-0.39, 0.29) is 5.82 Å². The van der Waals surface area contributed by atoms with Crippen molar-refractivity contribution in [2.24, 2.45) is 0 Å². The number of benzene rings is 1. The van der Waals surface area contributed by atoms with Crippen molar-refractivity contribution in [3.05, 3.63) is 59.2 Å². The minimum absolute atomic E-state index is 0.296. The third kappa shape index (κ3) is 2.67. The van der Waals surface area contributed by atoms with Crippen molar-refractivity contribution in [1.82, 2.24) is 0 Å². The maximum Gasteiger partial charge on any atom is 0.173 e. The van der Waals surface area contributed by atoms with Crippen molar-refractivity contribution in [2.45, 2.75) is 32.2 Å². The maximum absolute atomic E-state index is 13.7. The van der Waals surface area contributed by atoms with Gasteiger partial charge in [0, 0.05) is 17.2 Å². The van der Waals surface area contributed by atoms with Gasteiger partial charge in [-0.25, -0.2) is 8.96 Å². The highest BCUT2D eigenvalue weighted by Gasteiger charge is 2.14. The molecular formula is C17H19FNO+. The first-order valence-corrected chi connectivity index (χ1v) is 7.09. The lowest BCUT2D eigenvalue weighted by atomic mass is 9.93. The summed E-state index contributed by atoms with van der Waals surface area (Å²) in [5.41, 5.74) is 3.85. The number of aromatic nitrogens is 1. The normalized spacial score (nSPS) is 13.9. The molecule has 2 nitrogen and oxygen atoms in total. The molecule has 1 aliphatic rings. The zero-order valence-corrected chi connectivity index (χ0v) is 11.7. The number of aryl methyl sites for hydroxylation is 2. The molecule has 2 aromatic rings. The lowest BCUT2D eigenvalue weighted by Crippen LogP contribution is -2.34. The molecular weight excluding hydrogens is 253 g/mol. The highest BCUT2D eigenvalue weighted by molar-refractivity contribution is 5.29. The minimum Gasteiger partial charge on any atom is -0.494 e. The van der Waals surface area contributed by atoms with Crippen LogP contribution in [0.4, 0.5) is 4.39 Å². The molecule has 1 aliphatic carbocycles. The van der Waals surface area contributed by atoms with Gasteiger partial charge >= 0.3 is 0 Å². The monoisotopic (exact) mass is 272 g/mol. The van der Waals surface area contributed by atoms with E-state index in [0.717, 1.165) is 12.0 Å². The van der Waals surface area contributed by atoms with Crippen LogP contribution in [0.5, 0.6) is 5.75 Å². The zero-order chi connectivity index (χ0) is 13.9. The van der Waals surface area contributed by atoms with Crippen molar-refractivity contribution in [3.63, 3.8) is 0 Å². The Morgan fingerprint density at radius 1 is 1.15 bits per heavy atom. The molecule has 0 N–H and O–H groups in total. The van der Waals surface area contributed by atoms with Gasteiger partial charge in [0.2, 0.25) is 0 Å². The lowest BCUT2D eigenvalue weighted by molar-refractivity contribution is -0.688. The summed E-state index contributed by atoms with van der Waals surface area (Å²) in [4.78, 5) is 0. The predicted octanol–water partition coefficient (Wildman–Crippen LogP) is 3.05. The van der Waals surface area contributed by atoms with Crippen LogP contribution >= 0.6 is 0 Å². The maximum atomic E-state index is 13.7. The number of methoxy groups -OCH3 is 1. The highest BCUT2D eigenvalue weighted by atomic mass is 19.1. The topological polar surface area (TPSA) is 13.1 Å². The van der Waals surface area contributed by atoms with Crippen LogP contribution in [0.1, 0.15) is 29.5 Å². The van der Waals surface area contributed by atoms with Gasteiger partial charge in [0.25, 0.3) is 0 Å². The van der Waals surface area contributed by atoms with E-state index in [1.807, 2.05) is 6.07 Å². The van der Waals surface area contributed by atoms with Crippen LogP contribution in [0.2, 0.25) is 0 Å². The van der Waals surface area contributed by atoms with E-state index in [4.69, 9.17) is 4.74 Å². The Morgan fingerprint density at radius 3 is 2.70 bits per heavy atom. The summed E-state index contributed by atoms with van der Waals surface area (Å²) in [6.07, 6.45) is 9.21. The largest absolute Gasteiger partial charge is 0.494 e. The average molecular weight is 272 g/mol. The summed E-state index contributed by atoms with van der Waals surface area (Å²) in [5.74, 6) is -0.00671. The summed E-state index contributed by atoms with van der Waals surface area (Å²) in [7, 11) is 1.48. The minimum atomic E-state index is -0.302. The lowest BCUT2D eigenvalue weighted by Gasteiger charge is -2.13. The fourth-order valence-corrected chi connectivity index (χ4v) is 2.84. The van der Waals surface area contributed by atoms with Gasteiger partial charge in [-0.15, -0.1) is 0 Å². The molecule has 0 atom stereocenters. The van der Waals surface area contributed by atoms with Gasteiger partial charge in [-0.05, 0) is 49.4 Å². The first-order valence-electron chi connectivity index (χ1n) is 7.09. The summed E-state index contributed by atoms with van der Waals surface area (Å²) in [5, 5.41) is 0. The van der Waals surface area contributed by atoms with Gasteiger partial charge in [-0.1, -0.05) is 0 Å². The molecule has 1 aromatic heterocycles. The SMILES string of the molecule is COc1ccc(C[n+]2ccc3c(c2)CCCC3)cc1F. The van der Waals surface area contributed by atoms with E-state index in [2.05, 4.69) is 23.0 Å². The van der Waals surface area contributed by atoms with Gasteiger partial charge < -0.3 is 4.74 Å². The van der Waals surface area contributed by atoms with E-state index in [1.165, 1.54) is 37.5 Å². The van der Waals surface area contributed by atoms with Crippen LogP contribution in [0.15, 0.2) is 36.7 Å². The zero-order valence-electron chi connectivity index (χ0n) is 11.7. The van der Waals surface area contributed by atoms with E-state index >= 15 is 0 Å². The summed E-state index contributed by atoms with van der Waals surface area (Å²) < 4.78 is 20.8. The molecule has 0 spiro atoms. The molecule has 0 unspecified atom stereocenters. The first-order chi connectivity index (χ1) is 9.76. The predicted molar refractivity (Wildman–Crippen MR) is 75.3 cm³/mol. The number of fused-ring (bicyclic) bond motifs is 1. The van der Waals surface area contributed by atoms with E-state index in [1.54, 1.807) is 12.1 Å². The van der Waals surface area contributed by atoms with Gasteiger partial charge in [0.1, 0.15) is 0 Å². The number of hydrogen-bond donors (Lipinski definition) is 0. The molecule has 0 saturated heterocycles. The molecule has 20 heavy (non-hydrogen) atoms. The molecule has 3 heteroatoms. The van der Waals surface area contributed by atoms with Gasteiger partial charge in [-0.2, -0.15) is 0 Å². The standard InChI is InChI=1S/C17H19FNO/c1-20-17-7-6-13(10-16(17)18)11-19-9-8-14-4-2-3-5-15(14)12-19/h6-10,12H,2-5,11H2,1H3/q+1. The van der Waals surface area contributed by atoms with E-state index in [0.29, 0.717) is 12.3 Å². The van der Waals surface area contributed by atoms with Crippen molar-refractivity contribution >= 4 is 0 Å². The van der Waals surface area contributed by atoms with E-state index in [9.17, 15) is 4.39 Å². The first kappa shape index (κ1) is 13.1. The van der Waals surface area contributed by atoms with Gasteiger partial charge in [-0.3, -0.25) is 0 Å². The molecule has 0 amide bonds. The quantitative estimate of drug-likeness (QED) is 0.783. The van der Waals surface area contributed by atoms with Gasteiger partial charge in [0.05, 0.1) is 7.11 Å². The fourth-order valence-electron chi connectivity index (χ4n) is 2.84. The smallest absolute Gasteiger partial charge is 0.173 e. The summed E-state index contributed by atoms with van der Waals surface area (Å²) >= 11 is 0. The number of halogens is 1. The Morgan fingerprint density at radius 2 is 1.95 bits per heavy atom. The Kier molecular flexibility index (Phi) is 3.68. The molecule has 0 saturated carbocycles. The molecule has 0 aliphatic heterocycles. The number of ether oxygens (including phenoxy) is 1. The molecule has 1 aromatic carbocycles. The Balaban J connectivity index is 1.82. The number of hydrogen-bond acceptors (Lipinski definition) is 1. The van der Waals surface area contributed by atoms with Crippen LogP contribution in [0.3, 0.4) is 0 Å². The van der Waals surface area contributed by atoms with Crippen molar-refractivity contribution in [1.29, 1.82) is 0 Å². The second-order valence-electron chi connectivity index (χ2n) is 5.34. The van der Waals surface area contributed by atoms with Crippen LogP contribution in [-0.4, -0.2) is 7.11 Å². The number of pyridine rings is 1. The average Bonchev–Trinajstić information content (AvgIpc) is 2.47. The number of rotatable bonds is 3. The Bertz CT molecular complexity index is 624. The molecule has 1 heterocycles. The van der Waals surface area contributed by atoms with Crippen LogP contribution in [0, 0.1) is 5.82 Å². The van der Waals surface area contributed by atoms with Crippen molar-refractivity contribution < 1.29 is 13.7 Å². The highest BCUT2D eigenvalue weighted by Crippen LogP contribution is 2.20.